The second-order valence-electron chi connectivity index (χ2n) is 4.38. The summed E-state index contributed by atoms with van der Waals surface area (Å²) in [4.78, 5) is 0. The molecule has 1 aromatic carbocycles. The largest absolute Gasteiger partial charge is 0.497 e. The van der Waals surface area contributed by atoms with Crippen molar-refractivity contribution < 1.29 is 9.15 Å². The Balaban J connectivity index is 1.83. The molecule has 3 heteroatoms. The summed E-state index contributed by atoms with van der Waals surface area (Å²) in [5.41, 5.74) is 1.16. The lowest BCUT2D eigenvalue weighted by Gasteiger charge is -2.07. The molecule has 1 atom stereocenters. The van der Waals surface area contributed by atoms with Crippen LogP contribution in [0, 0.1) is 0 Å². The van der Waals surface area contributed by atoms with Crippen LogP contribution in [-0.2, 0) is 6.54 Å². The van der Waals surface area contributed by atoms with Crippen LogP contribution in [0.5, 0.6) is 5.75 Å². The fourth-order valence-corrected chi connectivity index (χ4v) is 1.71. The van der Waals surface area contributed by atoms with Crippen LogP contribution in [-0.4, -0.2) is 13.2 Å². The molecule has 0 aliphatic heterocycles. The van der Waals surface area contributed by atoms with Gasteiger partial charge < -0.3 is 14.5 Å². The van der Waals surface area contributed by atoms with E-state index in [2.05, 4.69) is 24.4 Å². The molecule has 19 heavy (non-hydrogen) atoms. The summed E-state index contributed by atoms with van der Waals surface area (Å²) in [6, 6.07) is 12.1. The molecular weight excluding hydrogens is 238 g/mol. The van der Waals surface area contributed by atoms with Crippen LogP contribution in [0.15, 0.2) is 53.2 Å². The summed E-state index contributed by atoms with van der Waals surface area (Å²) < 4.78 is 10.4. The van der Waals surface area contributed by atoms with E-state index in [0.717, 1.165) is 23.6 Å². The number of ether oxygens (including phenoxy) is 1. The third kappa shape index (κ3) is 4.30. The summed E-state index contributed by atoms with van der Waals surface area (Å²) in [6.07, 6.45) is 5.92. The highest BCUT2D eigenvalue weighted by Crippen LogP contribution is 2.12. The van der Waals surface area contributed by atoms with Gasteiger partial charge in [0.1, 0.15) is 11.5 Å². The lowest BCUT2D eigenvalue weighted by molar-refractivity contribution is 0.415. The predicted molar refractivity (Wildman–Crippen MR) is 77.0 cm³/mol. The third-order valence-corrected chi connectivity index (χ3v) is 2.87. The summed E-state index contributed by atoms with van der Waals surface area (Å²) in [6.45, 7) is 2.85. The van der Waals surface area contributed by atoms with E-state index in [-0.39, 0.29) is 6.04 Å². The molecule has 0 aliphatic rings. The van der Waals surface area contributed by atoms with Gasteiger partial charge >= 0.3 is 0 Å². The molecule has 1 heterocycles. The fourth-order valence-electron chi connectivity index (χ4n) is 1.71. The van der Waals surface area contributed by atoms with Gasteiger partial charge in [0.15, 0.2) is 0 Å². The molecule has 1 N–H and O–H groups in total. The van der Waals surface area contributed by atoms with E-state index in [9.17, 15) is 0 Å². The van der Waals surface area contributed by atoms with Crippen molar-refractivity contribution in [3.63, 3.8) is 0 Å². The van der Waals surface area contributed by atoms with Crippen molar-refractivity contribution in [2.45, 2.75) is 19.5 Å². The Morgan fingerprint density at radius 3 is 2.68 bits per heavy atom. The zero-order chi connectivity index (χ0) is 13.5. The van der Waals surface area contributed by atoms with Crippen molar-refractivity contribution in [1.29, 1.82) is 0 Å². The molecule has 0 radical (unpaired) electrons. The minimum atomic E-state index is 0.284. The van der Waals surface area contributed by atoms with E-state index < -0.39 is 0 Å². The van der Waals surface area contributed by atoms with Crippen LogP contribution < -0.4 is 10.1 Å². The third-order valence-electron chi connectivity index (χ3n) is 2.87. The zero-order valence-corrected chi connectivity index (χ0v) is 11.3. The Bertz CT molecular complexity index is 500. The van der Waals surface area contributed by atoms with Gasteiger partial charge in [-0.15, -0.1) is 0 Å². The van der Waals surface area contributed by atoms with E-state index in [0.29, 0.717) is 0 Å². The quantitative estimate of drug-likeness (QED) is 0.860. The van der Waals surface area contributed by atoms with E-state index in [1.54, 1.807) is 13.4 Å². The maximum atomic E-state index is 5.27. The first kappa shape index (κ1) is 13.4. The Hall–Kier alpha value is -2.00. The molecule has 2 rings (SSSR count). The molecule has 0 bridgehead atoms. The summed E-state index contributed by atoms with van der Waals surface area (Å²) in [5.74, 6) is 1.82. The van der Waals surface area contributed by atoms with Gasteiger partial charge in [0.25, 0.3) is 0 Å². The molecule has 100 valence electrons. The normalized spacial score (nSPS) is 12.7. The van der Waals surface area contributed by atoms with Crippen molar-refractivity contribution >= 4 is 6.08 Å². The minimum Gasteiger partial charge on any atom is -0.497 e. The number of hydrogen-bond acceptors (Lipinski definition) is 3. The molecular formula is C16H19NO2. The van der Waals surface area contributed by atoms with Crippen LogP contribution >= 0.6 is 0 Å². The van der Waals surface area contributed by atoms with Gasteiger partial charge in [0.2, 0.25) is 0 Å². The number of benzene rings is 1. The first-order chi connectivity index (χ1) is 9.28. The fraction of sp³-hybridized carbons (Fsp3) is 0.250. The minimum absolute atomic E-state index is 0.284. The van der Waals surface area contributed by atoms with Gasteiger partial charge in [-0.2, -0.15) is 0 Å². The Labute approximate surface area is 113 Å². The van der Waals surface area contributed by atoms with Crippen molar-refractivity contribution in [2.75, 3.05) is 7.11 Å². The van der Waals surface area contributed by atoms with Crippen LogP contribution in [0.4, 0.5) is 0 Å². The van der Waals surface area contributed by atoms with Gasteiger partial charge in [-0.25, -0.2) is 0 Å². The van der Waals surface area contributed by atoms with E-state index in [1.807, 2.05) is 36.4 Å². The molecule has 0 saturated heterocycles. The summed E-state index contributed by atoms with van der Waals surface area (Å²) >= 11 is 0. The average Bonchev–Trinajstić information content (AvgIpc) is 2.96. The van der Waals surface area contributed by atoms with Crippen molar-refractivity contribution in [3.05, 3.63) is 60.1 Å². The standard InChI is InChI=1S/C16H19NO2/c1-13(17-12-16-4-3-11-19-16)5-6-14-7-9-15(18-2)10-8-14/h3-11,13,17H,12H2,1-2H3/b6-5+/t13-/m0/s1. The first-order valence-electron chi connectivity index (χ1n) is 6.36. The van der Waals surface area contributed by atoms with Crippen molar-refractivity contribution in [2.24, 2.45) is 0 Å². The van der Waals surface area contributed by atoms with Gasteiger partial charge in [-0.05, 0) is 36.8 Å². The van der Waals surface area contributed by atoms with Crippen LogP contribution in [0.1, 0.15) is 18.2 Å². The molecule has 0 saturated carbocycles. The second-order valence-corrected chi connectivity index (χ2v) is 4.38. The molecule has 1 aromatic heterocycles. The van der Waals surface area contributed by atoms with Gasteiger partial charge in [0, 0.05) is 6.04 Å². The Morgan fingerprint density at radius 2 is 2.05 bits per heavy atom. The zero-order valence-electron chi connectivity index (χ0n) is 11.3. The molecule has 0 fully saturated rings. The number of hydrogen-bond donors (Lipinski definition) is 1. The summed E-state index contributed by atoms with van der Waals surface area (Å²) in [7, 11) is 1.67. The topological polar surface area (TPSA) is 34.4 Å². The molecule has 0 spiro atoms. The number of rotatable bonds is 6. The maximum absolute atomic E-state index is 5.27. The lowest BCUT2D eigenvalue weighted by atomic mass is 10.1. The first-order valence-corrected chi connectivity index (χ1v) is 6.36. The van der Waals surface area contributed by atoms with Gasteiger partial charge in [0.05, 0.1) is 19.9 Å². The molecule has 3 nitrogen and oxygen atoms in total. The predicted octanol–water partition coefficient (Wildman–Crippen LogP) is 3.48. The second kappa shape index (κ2) is 6.81. The lowest BCUT2D eigenvalue weighted by Crippen LogP contribution is -2.22. The number of nitrogens with one attached hydrogen (secondary N) is 1. The number of furan rings is 1. The summed E-state index contributed by atoms with van der Waals surface area (Å²) in [5, 5.41) is 3.37. The van der Waals surface area contributed by atoms with E-state index in [4.69, 9.17) is 9.15 Å². The molecule has 0 aliphatic carbocycles. The monoisotopic (exact) mass is 257 g/mol. The highest BCUT2D eigenvalue weighted by atomic mass is 16.5. The van der Waals surface area contributed by atoms with E-state index in [1.165, 1.54) is 0 Å². The van der Waals surface area contributed by atoms with Crippen molar-refractivity contribution in [1.82, 2.24) is 5.32 Å². The van der Waals surface area contributed by atoms with Gasteiger partial charge in [-0.1, -0.05) is 24.3 Å². The van der Waals surface area contributed by atoms with Crippen LogP contribution in [0.2, 0.25) is 0 Å². The average molecular weight is 257 g/mol. The number of methoxy groups -OCH3 is 1. The van der Waals surface area contributed by atoms with Gasteiger partial charge in [-0.3, -0.25) is 0 Å². The molecule has 0 amide bonds. The van der Waals surface area contributed by atoms with Crippen LogP contribution in [0.25, 0.3) is 6.08 Å². The maximum Gasteiger partial charge on any atom is 0.118 e. The molecule has 2 aromatic rings. The highest BCUT2D eigenvalue weighted by Gasteiger charge is 1.99. The highest BCUT2D eigenvalue weighted by molar-refractivity contribution is 5.51. The van der Waals surface area contributed by atoms with Crippen LogP contribution in [0.3, 0.4) is 0 Å². The smallest absolute Gasteiger partial charge is 0.118 e. The SMILES string of the molecule is COc1ccc(/C=C/[C@H](C)NCc2ccco2)cc1. The van der Waals surface area contributed by atoms with E-state index >= 15 is 0 Å². The molecule has 0 unspecified atom stereocenters. The Kier molecular flexibility index (Phi) is 4.81. The Morgan fingerprint density at radius 1 is 1.26 bits per heavy atom. The van der Waals surface area contributed by atoms with Crippen molar-refractivity contribution in [3.8, 4) is 5.75 Å².